The number of methoxy groups -OCH3 is 1. The maximum Gasteiger partial charge on any atom is 0.245 e. The predicted octanol–water partition coefficient (Wildman–Crippen LogP) is 0.927. The van der Waals surface area contributed by atoms with Crippen LogP contribution in [-0.4, -0.2) is 37.7 Å². The normalized spacial score (nSPS) is 10.2. The summed E-state index contributed by atoms with van der Waals surface area (Å²) >= 11 is 0. The second-order valence-corrected chi connectivity index (χ2v) is 4.35. The third-order valence-corrected chi connectivity index (χ3v) is 2.59. The highest BCUT2D eigenvalue weighted by atomic mass is 16.5. The van der Waals surface area contributed by atoms with Crippen molar-refractivity contribution in [1.29, 1.82) is 0 Å². The van der Waals surface area contributed by atoms with Crippen LogP contribution in [0.3, 0.4) is 0 Å². The van der Waals surface area contributed by atoms with Crippen molar-refractivity contribution in [1.82, 2.24) is 10.3 Å². The molecular formula is C13H22N4O2. The molecule has 0 aliphatic rings. The first kappa shape index (κ1) is 15.2. The largest absolute Gasteiger partial charge is 0.397 e. The molecule has 0 aliphatic carbocycles. The Morgan fingerprint density at radius 3 is 2.84 bits per heavy atom. The molecule has 1 rings (SSSR count). The van der Waals surface area contributed by atoms with Gasteiger partial charge in [0.2, 0.25) is 5.91 Å². The standard InChI is InChI=1S/C13H22N4O2/c1-10-7-11(14)8-17-13(10)16-6-4-3-5-15-12(18)9-19-2/h7-8H,3-6,9,14H2,1-2H3,(H,15,18)(H,16,17). The molecule has 0 unspecified atom stereocenters. The van der Waals surface area contributed by atoms with Gasteiger partial charge in [-0.2, -0.15) is 0 Å². The molecule has 6 heteroatoms. The van der Waals surface area contributed by atoms with Gasteiger partial charge in [0.05, 0.1) is 11.9 Å². The van der Waals surface area contributed by atoms with Gasteiger partial charge in [-0.25, -0.2) is 4.98 Å². The van der Waals surface area contributed by atoms with Crippen molar-refractivity contribution in [2.24, 2.45) is 0 Å². The van der Waals surface area contributed by atoms with E-state index in [1.165, 1.54) is 7.11 Å². The van der Waals surface area contributed by atoms with Crippen LogP contribution in [0.1, 0.15) is 18.4 Å². The Kier molecular flexibility index (Phi) is 6.67. The first-order chi connectivity index (χ1) is 9.13. The number of ether oxygens (including phenoxy) is 1. The van der Waals surface area contributed by atoms with Crippen LogP contribution in [-0.2, 0) is 9.53 Å². The summed E-state index contributed by atoms with van der Waals surface area (Å²) in [5.74, 6) is 0.782. The Bertz CT molecular complexity index is 410. The molecule has 0 bridgehead atoms. The minimum atomic E-state index is -0.0773. The Labute approximate surface area is 113 Å². The first-order valence-corrected chi connectivity index (χ1v) is 6.35. The first-order valence-electron chi connectivity index (χ1n) is 6.35. The summed E-state index contributed by atoms with van der Waals surface area (Å²) in [6, 6.07) is 1.89. The number of unbranched alkanes of at least 4 members (excludes halogenated alkanes) is 1. The molecule has 1 heterocycles. The van der Waals surface area contributed by atoms with E-state index in [1.54, 1.807) is 6.20 Å². The van der Waals surface area contributed by atoms with Gasteiger partial charge in [0.1, 0.15) is 12.4 Å². The lowest BCUT2D eigenvalue weighted by atomic mass is 10.2. The molecule has 19 heavy (non-hydrogen) atoms. The third kappa shape index (κ3) is 6.05. The van der Waals surface area contributed by atoms with Crippen molar-refractivity contribution < 1.29 is 9.53 Å². The molecule has 4 N–H and O–H groups in total. The molecule has 0 aliphatic heterocycles. The van der Waals surface area contributed by atoms with Gasteiger partial charge < -0.3 is 21.1 Å². The summed E-state index contributed by atoms with van der Waals surface area (Å²) in [6.07, 6.45) is 3.51. The Morgan fingerprint density at radius 2 is 2.16 bits per heavy atom. The highest BCUT2D eigenvalue weighted by Crippen LogP contribution is 2.13. The second-order valence-electron chi connectivity index (χ2n) is 4.35. The molecule has 0 spiro atoms. The molecule has 0 radical (unpaired) electrons. The Balaban J connectivity index is 2.12. The number of aromatic nitrogens is 1. The van der Waals surface area contributed by atoms with Crippen molar-refractivity contribution in [2.45, 2.75) is 19.8 Å². The SMILES string of the molecule is COCC(=O)NCCCCNc1ncc(N)cc1C. The van der Waals surface area contributed by atoms with E-state index in [1.807, 2.05) is 13.0 Å². The average molecular weight is 266 g/mol. The smallest absolute Gasteiger partial charge is 0.245 e. The van der Waals surface area contributed by atoms with Crippen molar-refractivity contribution in [3.63, 3.8) is 0 Å². The van der Waals surface area contributed by atoms with Gasteiger partial charge in [-0.05, 0) is 31.4 Å². The number of hydrogen-bond acceptors (Lipinski definition) is 5. The number of anilines is 2. The van der Waals surface area contributed by atoms with E-state index in [0.29, 0.717) is 12.2 Å². The molecule has 0 atom stereocenters. The van der Waals surface area contributed by atoms with Crippen LogP contribution < -0.4 is 16.4 Å². The van der Waals surface area contributed by atoms with E-state index in [9.17, 15) is 4.79 Å². The fraction of sp³-hybridized carbons (Fsp3) is 0.538. The number of nitrogens with two attached hydrogens (primary N) is 1. The highest BCUT2D eigenvalue weighted by Gasteiger charge is 2.00. The van der Waals surface area contributed by atoms with Crippen molar-refractivity contribution >= 4 is 17.4 Å². The van der Waals surface area contributed by atoms with Gasteiger partial charge in [-0.3, -0.25) is 4.79 Å². The van der Waals surface area contributed by atoms with Crippen LogP contribution in [0, 0.1) is 6.92 Å². The van der Waals surface area contributed by atoms with Gasteiger partial charge in [-0.1, -0.05) is 0 Å². The fourth-order valence-electron chi connectivity index (χ4n) is 1.65. The van der Waals surface area contributed by atoms with Crippen LogP contribution in [0.2, 0.25) is 0 Å². The topological polar surface area (TPSA) is 89.3 Å². The molecule has 1 aromatic heterocycles. The van der Waals surface area contributed by atoms with Gasteiger partial charge in [0, 0.05) is 20.2 Å². The summed E-state index contributed by atoms with van der Waals surface area (Å²) in [5.41, 5.74) is 7.34. The fourth-order valence-corrected chi connectivity index (χ4v) is 1.65. The number of nitrogens with zero attached hydrogens (tertiary/aromatic N) is 1. The summed E-state index contributed by atoms with van der Waals surface area (Å²) in [6.45, 7) is 3.57. The Hall–Kier alpha value is -1.82. The van der Waals surface area contributed by atoms with E-state index in [0.717, 1.165) is 30.8 Å². The molecule has 6 nitrogen and oxygen atoms in total. The Morgan fingerprint density at radius 1 is 1.42 bits per heavy atom. The number of pyridine rings is 1. The molecule has 0 saturated heterocycles. The maximum absolute atomic E-state index is 11.1. The molecule has 106 valence electrons. The number of amides is 1. The second kappa shape index (κ2) is 8.31. The lowest BCUT2D eigenvalue weighted by Crippen LogP contribution is -2.28. The number of nitrogens with one attached hydrogen (secondary N) is 2. The number of rotatable bonds is 8. The molecule has 1 amide bonds. The lowest BCUT2D eigenvalue weighted by Gasteiger charge is -2.09. The number of carbonyl (C=O) groups excluding carboxylic acids is 1. The summed E-state index contributed by atoms with van der Waals surface area (Å²) in [4.78, 5) is 15.3. The number of aryl methyl sites for hydroxylation is 1. The average Bonchev–Trinajstić information content (AvgIpc) is 2.36. The summed E-state index contributed by atoms with van der Waals surface area (Å²) < 4.78 is 4.72. The number of hydrogen-bond donors (Lipinski definition) is 3. The van der Waals surface area contributed by atoms with Gasteiger partial charge in [-0.15, -0.1) is 0 Å². The minimum absolute atomic E-state index is 0.0773. The van der Waals surface area contributed by atoms with Gasteiger partial charge in [0.15, 0.2) is 0 Å². The van der Waals surface area contributed by atoms with E-state index < -0.39 is 0 Å². The van der Waals surface area contributed by atoms with Crippen LogP contribution in [0.4, 0.5) is 11.5 Å². The van der Waals surface area contributed by atoms with Crippen molar-refractivity contribution in [2.75, 3.05) is 37.9 Å². The molecule has 0 fully saturated rings. The highest BCUT2D eigenvalue weighted by molar-refractivity contribution is 5.77. The van der Waals surface area contributed by atoms with Crippen molar-refractivity contribution in [3.8, 4) is 0 Å². The molecule has 0 saturated carbocycles. The van der Waals surface area contributed by atoms with Crippen molar-refractivity contribution in [3.05, 3.63) is 17.8 Å². The number of nitrogen functional groups attached to an aromatic ring is 1. The van der Waals surface area contributed by atoms with E-state index in [-0.39, 0.29) is 12.5 Å². The van der Waals surface area contributed by atoms with Crippen LogP contribution in [0.5, 0.6) is 0 Å². The zero-order valence-electron chi connectivity index (χ0n) is 11.5. The third-order valence-electron chi connectivity index (χ3n) is 2.59. The van der Waals surface area contributed by atoms with Crippen LogP contribution in [0.15, 0.2) is 12.3 Å². The number of carbonyl (C=O) groups is 1. The predicted molar refractivity (Wildman–Crippen MR) is 76.0 cm³/mol. The van der Waals surface area contributed by atoms with Gasteiger partial charge in [0.25, 0.3) is 0 Å². The van der Waals surface area contributed by atoms with E-state index in [2.05, 4.69) is 15.6 Å². The lowest BCUT2D eigenvalue weighted by molar-refractivity contribution is -0.124. The molecule has 0 aromatic carbocycles. The monoisotopic (exact) mass is 266 g/mol. The van der Waals surface area contributed by atoms with Crippen LogP contribution in [0.25, 0.3) is 0 Å². The van der Waals surface area contributed by atoms with Crippen LogP contribution >= 0.6 is 0 Å². The zero-order valence-corrected chi connectivity index (χ0v) is 11.5. The summed E-state index contributed by atoms with van der Waals surface area (Å²) in [7, 11) is 1.51. The van der Waals surface area contributed by atoms with Gasteiger partial charge >= 0.3 is 0 Å². The summed E-state index contributed by atoms with van der Waals surface area (Å²) in [5, 5.41) is 6.03. The molecular weight excluding hydrogens is 244 g/mol. The van der Waals surface area contributed by atoms with E-state index >= 15 is 0 Å². The molecule has 1 aromatic rings. The van der Waals surface area contributed by atoms with E-state index in [4.69, 9.17) is 10.5 Å². The minimum Gasteiger partial charge on any atom is -0.397 e. The zero-order chi connectivity index (χ0) is 14.1. The maximum atomic E-state index is 11.1. The quantitative estimate of drug-likeness (QED) is 0.609.